The number of morpholine rings is 1. The van der Waals surface area contributed by atoms with Crippen LogP contribution in [-0.2, 0) is 11.3 Å². The van der Waals surface area contributed by atoms with Gasteiger partial charge in [0.15, 0.2) is 0 Å². The topological polar surface area (TPSA) is 70.7 Å². The second-order valence-electron chi connectivity index (χ2n) is 7.01. The quantitative estimate of drug-likeness (QED) is 0.629. The number of hydrogen-bond donors (Lipinski definition) is 2. The van der Waals surface area contributed by atoms with Gasteiger partial charge in [-0.15, -0.1) is 11.3 Å². The van der Waals surface area contributed by atoms with Crippen LogP contribution in [0.2, 0.25) is 0 Å². The van der Waals surface area contributed by atoms with Crippen molar-refractivity contribution in [1.82, 2.24) is 4.90 Å². The molecule has 2 heterocycles. The molecule has 7 heteroatoms. The molecule has 2 amide bonds. The summed E-state index contributed by atoms with van der Waals surface area (Å²) in [4.78, 5) is 28.1. The molecule has 1 fully saturated rings. The minimum absolute atomic E-state index is 0.182. The predicted molar refractivity (Wildman–Crippen MR) is 119 cm³/mol. The Labute approximate surface area is 179 Å². The minimum atomic E-state index is -0.211. The summed E-state index contributed by atoms with van der Waals surface area (Å²) in [7, 11) is 0. The smallest absolute Gasteiger partial charge is 0.265 e. The first-order valence-electron chi connectivity index (χ1n) is 9.83. The summed E-state index contributed by atoms with van der Waals surface area (Å²) >= 11 is 1.38. The first kappa shape index (κ1) is 20.3. The number of ether oxygens (including phenoxy) is 1. The van der Waals surface area contributed by atoms with Crippen molar-refractivity contribution >= 4 is 34.5 Å². The lowest BCUT2D eigenvalue weighted by Gasteiger charge is -2.27. The maximum Gasteiger partial charge on any atom is 0.265 e. The molecule has 1 aliphatic rings. The van der Waals surface area contributed by atoms with Gasteiger partial charge in [0, 0.05) is 36.6 Å². The van der Waals surface area contributed by atoms with Crippen molar-refractivity contribution in [3.63, 3.8) is 0 Å². The summed E-state index contributed by atoms with van der Waals surface area (Å²) < 4.78 is 5.41. The van der Waals surface area contributed by atoms with E-state index in [1.165, 1.54) is 11.3 Å². The lowest BCUT2D eigenvalue weighted by molar-refractivity contribution is 0.0342. The second kappa shape index (κ2) is 9.67. The van der Waals surface area contributed by atoms with Gasteiger partial charge in [0.05, 0.1) is 18.1 Å². The molecular formula is C23H23N3O3S. The van der Waals surface area contributed by atoms with E-state index in [4.69, 9.17) is 4.74 Å². The maximum atomic E-state index is 12.9. The Balaban J connectivity index is 1.44. The van der Waals surface area contributed by atoms with Crippen molar-refractivity contribution in [1.29, 1.82) is 0 Å². The SMILES string of the molecule is O=C(Nc1ccccc1CN1CCOCC1)c1cccc(NC(=O)c2cccs2)c1. The molecule has 0 radical (unpaired) electrons. The summed E-state index contributed by atoms with van der Waals surface area (Å²) in [6, 6.07) is 18.4. The third-order valence-electron chi connectivity index (χ3n) is 4.89. The van der Waals surface area contributed by atoms with Crippen molar-refractivity contribution in [2.75, 3.05) is 36.9 Å². The average molecular weight is 422 g/mol. The van der Waals surface area contributed by atoms with Gasteiger partial charge in [-0.2, -0.15) is 0 Å². The van der Waals surface area contributed by atoms with Crippen LogP contribution in [0.3, 0.4) is 0 Å². The van der Waals surface area contributed by atoms with Crippen LogP contribution in [0.1, 0.15) is 25.6 Å². The maximum absolute atomic E-state index is 12.9. The van der Waals surface area contributed by atoms with Crippen LogP contribution in [0, 0.1) is 0 Å². The lowest BCUT2D eigenvalue weighted by Crippen LogP contribution is -2.35. The lowest BCUT2D eigenvalue weighted by atomic mass is 10.1. The molecule has 0 bridgehead atoms. The fraction of sp³-hybridized carbons (Fsp3) is 0.217. The molecular weight excluding hydrogens is 398 g/mol. The number of amides is 2. The molecule has 154 valence electrons. The number of rotatable bonds is 6. The van der Waals surface area contributed by atoms with Crippen LogP contribution in [-0.4, -0.2) is 43.0 Å². The summed E-state index contributed by atoms with van der Waals surface area (Å²) in [5, 5.41) is 7.71. The van der Waals surface area contributed by atoms with Crippen LogP contribution in [0.4, 0.5) is 11.4 Å². The van der Waals surface area contributed by atoms with Crippen LogP contribution < -0.4 is 10.6 Å². The molecule has 3 aromatic rings. The van der Waals surface area contributed by atoms with Gasteiger partial charge in [0.25, 0.3) is 11.8 Å². The molecule has 0 aliphatic carbocycles. The summed E-state index contributed by atoms with van der Waals surface area (Å²) in [6.07, 6.45) is 0. The van der Waals surface area contributed by atoms with Gasteiger partial charge in [0.2, 0.25) is 0 Å². The summed E-state index contributed by atoms with van der Waals surface area (Å²) in [5.41, 5.74) is 2.93. The van der Waals surface area contributed by atoms with Gasteiger partial charge in [-0.25, -0.2) is 0 Å². The number of nitrogens with zero attached hydrogens (tertiary/aromatic N) is 1. The van der Waals surface area contributed by atoms with Gasteiger partial charge in [-0.1, -0.05) is 30.3 Å². The highest BCUT2D eigenvalue weighted by Crippen LogP contribution is 2.20. The average Bonchev–Trinajstić information content (AvgIpc) is 3.31. The van der Waals surface area contributed by atoms with Gasteiger partial charge in [-0.3, -0.25) is 14.5 Å². The third-order valence-corrected chi connectivity index (χ3v) is 5.76. The van der Waals surface area contributed by atoms with E-state index in [1.807, 2.05) is 35.7 Å². The molecule has 0 atom stereocenters. The van der Waals surface area contributed by atoms with E-state index in [0.29, 0.717) is 16.1 Å². The Bertz CT molecular complexity index is 1010. The summed E-state index contributed by atoms with van der Waals surface area (Å²) in [6.45, 7) is 4.00. The Morgan fingerprint density at radius 1 is 0.933 bits per heavy atom. The molecule has 30 heavy (non-hydrogen) atoms. The second-order valence-corrected chi connectivity index (χ2v) is 7.96. The monoisotopic (exact) mass is 421 g/mol. The molecule has 2 N–H and O–H groups in total. The van der Waals surface area contributed by atoms with Gasteiger partial charge < -0.3 is 15.4 Å². The van der Waals surface area contributed by atoms with E-state index >= 15 is 0 Å². The zero-order valence-electron chi connectivity index (χ0n) is 16.5. The van der Waals surface area contributed by atoms with Crippen molar-refractivity contribution in [2.45, 2.75) is 6.54 Å². The number of benzene rings is 2. The Morgan fingerprint density at radius 3 is 2.57 bits per heavy atom. The van der Waals surface area contributed by atoms with E-state index in [-0.39, 0.29) is 11.8 Å². The number of para-hydroxylation sites is 1. The number of hydrogen-bond acceptors (Lipinski definition) is 5. The normalized spacial score (nSPS) is 14.3. The molecule has 6 nitrogen and oxygen atoms in total. The van der Waals surface area contributed by atoms with Crippen LogP contribution in [0.5, 0.6) is 0 Å². The van der Waals surface area contributed by atoms with Crippen LogP contribution in [0.25, 0.3) is 0 Å². The zero-order valence-corrected chi connectivity index (χ0v) is 17.3. The van der Waals surface area contributed by atoms with Gasteiger partial charge >= 0.3 is 0 Å². The fourth-order valence-electron chi connectivity index (χ4n) is 3.31. The Kier molecular flexibility index (Phi) is 6.53. The predicted octanol–water partition coefficient (Wildman–Crippen LogP) is 4.08. The van der Waals surface area contributed by atoms with Gasteiger partial charge in [0.1, 0.15) is 0 Å². The standard InChI is InChI=1S/C23H23N3O3S/c27-22(17-6-3-7-19(15-17)24-23(28)21-9-4-14-30-21)25-20-8-2-1-5-18(20)16-26-10-12-29-13-11-26/h1-9,14-15H,10-13,16H2,(H,24,28)(H,25,27). The summed E-state index contributed by atoms with van der Waals surface area (Å²) in [5.74, 6) is -0.393. The first-order valence-corrected chi connectivity index (χ1v) is 10.7. The first-order chi connectivity index (χ1) is 14.7. The van der Waals surface area contributed by atoms with Crippen molar-refractivity contribution in [2.24, 2.45) is 0 Å². The molecule has 1 saturated heterocycles. The number of nitrogens with one attached hydrogen (secondary N) is 2. The van der Waals surface area contributed by atoms with Crippen LogP contribution >= 0.6 is 11.3 Å². The molecule has 2 aromatic carbocycles. The number of carbonyl (C=O) groups is 2. The number of anilines is 2. The molecule has 0 spiro atoms. The Hall–Kier alpha value is -3.00. The Morgan fingerprint density at radius 2 is 1.77 bits per heavy atom. The highest BCUT2D eigenvalue weighted by atomic mass is 32.1. The minimum Gasteiger partial charge on any atom is -0.379 e. The van der Waals surface area contributed by atoms with Crippen molar-refractivity contribution < 1.29 is 14.3 Å². The van der Waals surface area contributed by atoms with Gasteiger partial charge in [-0.05, 0) is 41.3 Å². The van der Waals surface area contributed by atoms with E-state index < -0.39 is 0 Å². The van der Waals surface area contributed by atoms with E-state index in [1.54, 1.807) is 30.3 Å². The number of carbonyl (C=O) groups excluding carboxylic acids is 2. The molecule has 1 aliphatic heterocycles. The number of thiophene rings is 1. The van der Waals surface area contributed by atoms with E-state index in [2.05, 4.69) is 15.5 Å². The van der Waals surface area contributed by atoms with E-state index in [9.17, 15) is 9.59 Å². The highest BCUT2D eigenvalue weighted by Gasteiger charge is 2.15. The third kappa shape index (κ3) is 5.13. The van der Waals surface area contributed by atoms with Crippen molar-refractivity contribution in [3.05, 3.63) is 82.0 Å². The largest absolute Gasteiger partial charge is 0.379 e. The molecule has 1 aromatic heterocycles. The van der Waals surface area contributed by atoms with Crippen molar-refractivity contribution in [3.8, 4) is 0 Å². The fourth-order valence-corrected chi connectivity index (χ4v) is 3.93. The highest BCUT2D eigenvalue weighted by molar-refractivity contribution is 7.12. The van der Waals surface area contributed by atoms with E-state index in [0.717, 1.165) is 44.1 Å². The zero-order chi connectivity index (χ0) is 20.8. The molecule has 0 saturated carbocycles. The van der Waals surface area contributed by atoms with Crippen LogP contribution in [0.15, 0.2) is 66.0 Å². The molecule has 4 rings (SSSR count). The molecule has 0 unspecified atom stereocenters.